The molecule has 0 saturated heterocycles. The SMILES string of the molecule is COc1ccc(CNC(C)c2ccccn2)c(Cl)c1OC. The number of rotatable bonds is 6. The van der Waals surface area contributed by atoms with Crippen LogP contribution in [0.4, 0.5) is 0 Å². The number of hydrogen-bond acceptors (Lipinski definition) is 4. The number of hydrogen-bond donors (Lipinski definition) is 1. The van der Waals surface area contributed by atoms with Gasteiger partial charge < -0.3 is 14.8 Å². The van der Waals surface area contributed by atoms with E-state index in [-0.39, 0.29) is 6.04 Å². The molecule has 2 aromatic rings. The summed E-state index contributed by atoms with van der Waals surface area (Å²) >= 11 is 6.36. The predicted octanol–water partition coefficient (Wildman–Crippen LogP) is 3.60. The first-order chi connectivity index (χ1) is 10.2. The highest BCUT2D eigenvalue weighted by Crippen LogP contribution is 2.37. The molecule has 1 heterocycles. The first-order valence-corrected chi connectivity index (χ1v) is 7.08. The molecule has 0 aliphatic rings. The molecule has 1 atom stereocenters. The summed E-state index contributed by atoms with van der Waals surface area (Å²) in [4.78, 5) is 4.33. The van der Waals surface area contributed by atoms with Crippen LogP contribution in [0.5, 0.6) is 11.5 Å². The molecule has 112 valence electrons. The summed E-state index contributed by atoms with van der Waals surface area (Å²) in [7, 11) is 3.17. The summed E-state index contributed by atoms with van der Waals surface area (Å²) in [5.74, 6) is 1.19. The largest absolute Gasteiger partial charge is 0.493 e. The minimum absolute atomic E-state index is 0.135. The van der Waals surface area contributed by atoms with Gasteiger partial charge in [-0.1, -0.05) is 23.7 Å². The Bertz CT molecular complexity index is 590. The van der Waals surface area contributed by atoms with E-state index in [9.17, 15) is 0 Å². The first kappa shape index (κ1) is 15.6. The molecule has 0 spiro atoms. The molecule has 1 N–H and O–H groups in total. The Balaban J connectivity index is 2.10. The molecule has 5 heteroatoms. The molecule has 0 saturated carbocycles. The molecular formula is C16H19ClN2O2. The molecule has 1 aromatic carbocycles. The molecule has 0 aliphatic heterocycles. The van der Waals surface area contributed by atoms with E-state index in [0.29, 0.717) is 23.1 Å². The van der Waals surface area contributed by atoms with Crippen LogP contribution in [0, 0.1) is 0 Å². The van der Waals surface area contributed by atoms with Crippen LogP contribution in [0.15, 0.2) is 36.5 Å². The van der Waals surface area contributed by atoms with Gasteiger partial charge in [0.1, 0.15) is 0 Å². The molecule has 0 radical (unpaired) electrons. The Morgan fingerprint density at radius 2 is 2.00 bits per heavy atom. The van der Waals surface area contributed by atoms with Crippen LogP contribution in [0.3, 0.4) is 0 Å². The average Bonchev–Trinajstić information content (AvgIpc) is 2.53. The van der Waals surface area contributed by atoms with Crippen LogP contribution in [0.1, 0.15) is 24.2 Å². The molecular weight excluding hydrogens is 288 g/mol. The normalized spacial score (nSPS) is 12.0. The van der Waals surface area contributed by atoms with E-state index in [1.807, 2.05) is 30.3 Å². The number of pyridine rings is 1. The first-order valence-electron chi connectivity index (χ1n) is 6.71. The Morgan fingerprint density at radius 1 is 1.19 bits per heavy atom. The third-order valence-corrected chi connectivity index (χ3v) is 3.71. The van der Waals surface area contributed by atoms with Gasteiger partial charge in [0.05, 0.1) is 24.9 Å². The predicted molar refractivity (Wildman–Crippen MR) is 84.0 cm³/mol. The third-order valence-electron chi connectivity index (χ3n) is 3.30. The van der Waals surface area contributed by atoms with Crippen molar-refractivity contribution in [2.24, 2.45) is 0 Å². The van der Waals surface area contributed by atoms with Gasteiger partial charge in [0.25, 0.3) is 0 Å². The molecule has 0 fully saturated rings. The number of methoxy groups -OCH3 is 2. The number of ether oxygens (including phenoxy) is 2. The molecule has 4 nitrogen and oxygen atoms in total. The van der Waals surface area contributed by atoms with Crippen molar-refractivity contribution in [3.05, 3.63) is 52.8 Å². The number of nitrogens with zero attached hydrogens (tertiary/aromatic N) is 1. The van der Waals surface area contributed by atoms with E-state index in [0.717, 1.165) is 11.3 Å². The van der Waals surface area contributed by atoms with Gasteiger partial charge in [-0.05, 0) is 30.7 Å². The zero-order valence-corrected chi connectivity index (χ0v) is 13.1. The lowest BCUT2D eigenvalue weighted by Gasteiger charge is -2.16. The third kappa shape index (κ3) is 3.65. The van der Waals surface area contributed by atoms with E-state index >= 15 is 0 Å². The molecule has 1 unspecified atom stereocenters. The van der Waals surface area contributed by atoms with Crippen molar-refractivity contribution in [3.63, 3.8) is 0 Å². The second-order valence-electron chi connectivity index (χ2n) is 4.63. The highest BCUT2D eigenvalue weighted by atomic mass is 35.5. The van der Waals surface area contributed by atoms with Crippen LogP contribution in [0.2, 0.25) is 5.02 Å². The fourth-order valence-corrected chi connectivity index (χ4v) is 2.37. The van der Waals surface area contributed by atoms with Gasteiger partial charge in [-0.25, -0.2) is 0 Å². The van der Waals surface area contributed by atoms with E-state index in [2.05, 4.69) is 17.2 Å². The zero-order valence-electron chi connectivity index (χ0n) is 12.4. The van der Waals surface area contributed by atoms with Gasteiger partial charge >= 0.3 is 0 Å². The average molecular weight is 307 g/mol. The summed E-state index contributed by atoms with van der Waals surface area (Å²) in [5.41, 5.74) is 1.95. The van der Waals surface area contributed by atoms with Gasteiger partial charge in [-0.15, -0.1) is 0 Å². The lowest BCUT2D eigenvalue weighted by Crippen LogP contribution is -2.19. The van der Waals surface area contributed by atoms with Gasteiger partial charge in [0, 0.05) is 18.8 Å². The van der Waals surface area contributed by atoms with Crippen LogP contribution in [0.25, 0.3) is 0 Å². The monoisotopic (exact) mass is 306 g/mol. The van der Waals surface area contributed by atoms with Crippen LogP contribution < -0.4 is 14.8 Å². The Morgan fingerprint density at radius 3 is 2.62 bits per heavy atom. The van der Waals surface area contributed by atoms with Gasteiger partial charge in [0.2, 0.25) is 0 Å². The summed E-state index contributed by atoms with van der Waals surface area (Å²) < 4.78 is 10.5. The van der Waals surface area contributed by atoms with E-state index < -0.39 is 0 Å². The van der Waals surface area contributed by atoms with Crippen molar-refractivity contribution in [1.29, 1.82) is 0 Å². The lowest BCUT2D eigenvalue weighted by molar-refractivity contribution is 0.354. The van der Waals surface area contributed by atoms with Gasteiger partial charge in [-0.2, -0.15) is 0 Å². The van der Waals surface area contributed by atoms with Crippen LogP contribution >= 0.6 is 11.6 Å². The molecule has 21 heavy (non-hydrogen) atoms. The van der Waals surface area contributed by atoms with Crippen molar-refractivity contribution >= 4 is 11.6 Å². The summed E-state index contributed by atoms with van der Waals surface area (Å²) in [6.07, 6.45) is 1.79. The van der Waals surface area contributed by atoms with Crippen molar-refractivity contribution in [2.45, 2.75) is 19.5 Å². The Labute approximate surface area is 130 Å². The maximum Gasteiger partial charge on any atom is 0.179 e. The van der Waals surface area contributed by atoms with Crippen LogP contribution in [-0.4, -0.2) is 19.2 Å². The summed E-state index contributed by atoms with van der Waals surface area (Å²) in [5, 5.41) is 3.97. The van der Waals surface area contributed by atoms with Crippen molar-refractivity contribution in [3.8, 4) is 11.5 Å². The maximum absolute atomic E-state index is 6.36. The Hall–Kier alpha value is -1.78. The van der Waals surface area contributed by atoms with Crippen molar-refractivity contribution in [2.75, 3.05) is 14.2 Å². The maximum atomic E-state index is 6.36. The molecule has 2 rings (SSSR count). The summed E-state index contributed by atoms with van der Waals surface area (Å²) in [6, 6.07) is 9.80. The number of aromatic nitrogens is 1. The highest BCUT2D eigenvalue weighted by molar-refractivity contribution is 6.33. The van der Waals surface area contributed by atoms with Crippen molar-refractivity contribution < 1.29 is 9.47 Å². The van der Waals surface area contributed by atoms with Gasteiger partial charge in [0.15, 0.2) is 11.5 Å². The standard InChI is InChI=1S/C16H19ClN2O2/c1-11(13-6-4-5-9-18-13)19-10-12-7-8-14(20-2)16(21-3)15(12)17/h4-9,11,19H,10H2,1-3H3. The quantitative estimate of drug-likeness (QED) is 0.885. The van der Waals surface area contributed by atoms with Crippen LogP contribution in [-0.2, 0) is 6.54 Å². The van der Waals surface area contributed by atoms with E-state index in [1.54, 1.807) is 20.4 Å². The highest BCUT2D eigenvalue weighted by Gasteiger charge is 2.14. The minimum Gasteiger partial charge on any atom is -0.493 e. The number of benzene rings is 1. The van der Waals surface area contributed by atoms with E-state index in [4.69, 9.17) is 21.1 Å². The molecule has 1 aromatic heterocycles. The van der Waals surface area contributed by atoms with Crippen molar-refractivity contribution in [1.82, 2.24) is 10.3 Å². The van der Waals surface area contributed by atoms with Gasteiger partial charge in [-0.3, -0.25) is 4.98 Å². The number of halogens is 1. The summed E-state index contributed by atoms with van der Waals surface area (Å²) in [6.45, 7) is 2.69. The Kier molecular flexibility index (Phi) is 5.42. The second-order valence-corrected chi connectivity index (χ2v) is 5.01. The van der Waals surface area contributed by atoms with E-state index in [1.165, 1.54) is 0 Å². The molecule has 0 amide bonds. The zero-order chi connectivity index (χ0) is 15.2. The topological polar surface area (TPSA) is 43.4 Å². The minimum atomic E-state index is 0.135. The fourth-order valence-electron chi connectivity index (χ4n) is 2.07. The lowest BCUT2D eigenvalue weighted by atomic mass is 10.1. The number of nitrogens with one attached hydrogen (secondary N) is 1. The molecule has 0 bridgehead atoms. The second kappa shape index (κ2) is 7.29. The molecule has 0 aliphatic carbocycles. The smallest absolute Gasteiger partial charge is 0.179 e. The fraction of sp³-hybridized carbons (Fsp3) is 0.312.